The van der Waals surface area contributed by atoms with Crippen LogP contribution in [0.25, 0.3) is 0 Å². The summed E-state index contributed by atoms with van der Waals surface area (Å²) in [6, 6.07) is 8.92. The summed E-state index contributed by atoms with van der Waals surface area (Å²) in [5, 5.41) is 4.14. The van der Waals surface area contributed by atoms with Crippen molar-refractivity contribution in [2.45, 2.75) is 13.0 Å². The average molecular weight is 288 g/mol. The molecule has 0 amide bonds. The minimum atomic E-state index is -0.111. The van der Waals surface area contributed by atoms with Crippen LogP contribution in [0.4, 0.5) is 11.4 Å². The lowest BCUT2D eigenvalue weighted by molar-refractivity contribution is 0.298. The van der Waals surface area contributed by atoms with Gasteiger partial charge in [0, 0.05) is 33.1 Å². The first-order valence-corrected chi connectivity index (χ1v) is 6.80. The molecule has 21 heavy (non-hydrogen) atoms. The molecule has 0 aliphatic rings. The Kier molecular flexibility index (Phi) is 4.81. The molecular formula is C15H20N4O2. The number of aromatic nitrogens is 2. The third-order valence-corrected chi connectivity index (χ3v) is 3.06. The van der Waals surface area contributed by atoms with Gasteiger partial charge in [0.25, 0.3) is 5.56 Å². The van der Waals surface area contributed by atoms with Crippen molar-refractivity contribution in [3.63, 3.8) is 0 Å². The van der Waals surface area contributed by atoms with Gasteiger partial charge in [-0.1, -0.05) is 12.1 Å². The fourth-order valence-electron chi connectivity index (χ4n) is 1.84. The Labute approximate surface area is 123 Å². The molecule has 0 bridgehead atoms. The number of nitrogen functional groups attached to an aromatic ring is 1. The molecule has 6 nitrogen and oxygen atoms in total. The van der Waals surface area contributed by atoms with E-state index >= 15 is 0 Å². The minimum absolute atomic E-state index is 0.111. The van der Waals surface area contributed by atoms with Gasteiger partial charge in [0.05, 0.1) is 24.2 Å². The molecule has 2 N–H and O–H groups in total. The predicted molar refractivity (Wildman–Crippen MR) is 83.8 cm³/mol. The van der Waals surface area contributed by atoms with Crippen molar-refractivity contribution in [2.24, 2.45) is 0 Å². The van der Waals surface area contributed by atoms with Crippen molar-refractivity contribution in [2.75, 3.05) is 31.3 Å². The summed E-state index contributed by atoms with van der Waals surface area (Å²) in [6.45, 7) is 0.997. The number of ether oxygens (including phenoxy) is 1. The van der Waals surface area contributed by atoms with Crippen molar-refractivity contribution in [1.29, 1.82) is 0 Å². The Balaban J connectivity index is 1.87. The Bertz CT molecular complexity index is 652. The molecule has 2 rings (SSSR count). The number of nitrogens with two attached hydrogens (primary N) is 1. The van der Waals surface area contributed by atoms with Crippen LogP contribution >= 0.6 is 0 Å². The SMILES string of the molecule is CN(C)c1cnn(CCCOc2ccccc2N)c(=O)c1. The second-order valence-electron chi connectivity index (χ2n) is 4.91. The Hall–Kier alpha value is -2.50. The first-order chi connectivity index (χ1) is 10.1. The second-order valence-corrected chi connectivity index (χ2v) is 4.91. The van der Waals surface area contributed by atoms with Crippen LogP contribution in [0.5, 0.6) is 5.75 Å². The molecule has 1 aromatic carbocycles. The maximum absolute atomic E-state index is 11.9. The van der Waals surface area contributed by atoms with Crippen molar-refractivity contribution in [3.05, 3.63) is 46.9 Å². The minimum Gasteiger partial charge on any atom is -0.491 e. The molecular weight excluding hydrogens is 268 g/mol. The fraction of sp³-hybridized carbons (Fsp3) is 0.333. The quantitative estimate of drug-likeness (QED) is 0.642. The van der Waals surface area contributed by atoms with Gasteiger partial charge in [-0.05, 0) is 12.1 Å². The number of anilines is 2. The second kappa shape index (κ2) is 6.78. The van der Waals surface area contributed by atoms with Crippen LogP contribution in [0.2, 0.25) is 0 Å². The molecule has 6 heteroatoms. The van der Waals surface area contributed by atoms with Crippen molar-refractivity contribution in [1.82, 2.24) is 9.78 Å². The van der Waals surface area contributed by atoms with Gasteiger partial charge in [-0.25, -0.2) is 4.68 Å². The van der Waals surface area contributed by atoms with E-state index in [9.17, 15) is 4.79 Å². The number of hydrogen-bond acceptors (Lipinski definition) is 5. The van der Waals surface area contributed by atoms with E-state index in [2.05, 4.69) is 5.10 Å². The molecule has 1 aromatic heterocycles. The van der Waals surface area contributed by atoms with Crippen LogP contribution < -0.4 is 20.9 Å². The van der Waals surface area contributed by atoms with Crippen LogP contribution in [0.15, 0.2) is 41.3 Å². The maximum atomic E-state index is 11.9. The summed E-state index contributed by atoms with van der Waals surface area (Å²) in [6.07, 6.45) is 2.36. The molecule has 0 atom stereocenters. The number of hydrogen-bond donors (Lipinski definition) is 1. The first kappa shape index (κ1) is 14.9. The summed E-state index contributed by atoms with van der Waals surface area (Å²) in [4.78, 5) is 13.7. The third-order valence-electron chi connectivity index (χ3n) is 3.06. The average Bonchev–Trinajstić information content (AvgIpc) is 2.46. The molecule has 1 heterocycles. The smallest absolute Gasteiger partial charge is 0.268 e. The van der Waals surface area contributed by atoms with Crippen LogP contribution in [0, 0.1) is 0 Å². The highest BCUT2D eigenvalue weighted by Gasteiger charge is 2.02. The highest BCUT2D eigenvalue weighted by Crippen LogP contribution is 2.19. The zero-order valence-corrected chi connectivity index (χ0v) is 12.3. The van der Waals surface area contributed by atoms with Gasteiger partial charge in [-0.2, -0.15) is 5.10 Å². The molecule has 0 fully saturated rings. The molecule has 2 aromatic rings. The molecule has 0 spiro atoms. The lowest BCUT2D eigenvalue weighted by Crippen LogP contribution is -2.24. The van der Waals surface area contributed by atoms with E-state index < -0.39 is 0 Å². The molecule has 0 radical (unpaired) electrons. The number of rotatable bonds is 6. The zero-order valence-electron chi connectivity index (χ0n) is 12.3. The van der Waals surface area contributed by atoms with Gasteiger partial charge in [0.15, 0.2) is 0 Å². The molecule has 0 unspecified atom stereocenters. The highest BCUT2D eigenvalue weighted by atomic mass is 16.5. The number of para-hydroxylation sites is 2. The van der Waals surface area contributed by atoms with E-state index in [1.54, 1.807) is 18.3 Å². The Morgan fingerprint density at radius 3 is 2.76 bits per heavy atom. The fourth-order valence-corrected chi connectivity index (χ4v) is 1.84. The van der Waals surface area contributed by atoms with E-state index in [0.717, 1.165) is 5.69 Å². The Morgan fingerprint density at radius 2 is 2.10 bits per heavy atom. The summed E-state index contributed by atoms with van der Waals surface area (Å²) in [5.41, 5.74) is 7.08. The van der Waals surface area contributed by atoms with E-state index in [-0.39, 0.29) is 5.56 Å². The van der Waals surface area contributed by atoms with Gasteiger partial charge in [0.2, 0.25) is 0 Å². The van der Waals surface area contributed by atoms with E-state index in [0.29, 0.717) is 31.0 Å². The summed E-state index contributed by atoms with van der Waals surface area (Å²) >= 11 is 0. The normalized spacial score (nSPS) is 10.4. The largest absolute Gasteiger partial charge is 0.491 e. The van der Waals surface area contributed by atoms with Gasteiger partial charge in [0.1, 0.15) is 5.75 Å². The lowest BCUT2D eigenvalue weighted by atomic mass is 10.3. The molecule has 112 valence electrons. The van der Waals surface area contributed by atoms with Crippen molar-refractivity contribution >= 4 is 11.4 Å². The van der Waals surface area contributed by atoms with E-state index in [1.807, 2.05) is 37.2 Å². The van der Waals surface area contributed by atoms with Gasteiger partial charge in [-0.3, -0.25) is 4.79 Å². The molecule has 0 saturated heterocycles. The topological polar surface area (TPSA) is 73.4 Å². The first-order valence-electron chi connectivity index (χ1n) is 6.80. The Morgan fingerprint density at radius 1 is 1.33 bits per heavy atom. The number of nitrogens with zero attached hydrogens (tertiary/aromatic N) is 3. The van der Waals surface area contributed by atoms with Gasteiger partial charge >= 0.3 is 0 Å². The van der Waals surface area contributed by atoms with Gasteiger partial charge < -0.3 is 15.4 Å². The van der Waals surface area contributed by atoms with Gasteiger partial charge in [-0.15, -0.1) is 0 Å². The van der Waals surface area contributed by atoms with Crippen molar-refractivity contribution < 1.29 is 4.74 Å². The lowest BCUT2D eigenvalue weighted by Gasteiger charge is -2.12. The molecule has 0 saturated carbocycles. The third kappa shape index (κ3) is 3.98. The van der Waals surface area contributed by atoms with Crippen LogP contribution in [0.1, 0.15) is 6.42 Å². The highest BCUT2D eigenvalue weighted by molar-refractivity contribution is 5.51. The predicted octanol–water partition coefficient (Wildman–Crippen LogP) is 1.36. The number of aryl methyl sites for hydroxylation is 1. The summed E-state index contributed by atoms with van der Waals surface area (Å²) < 4.78 is 7.02. The summed E-state index contributed by atoms with van der Waals surface area (Å²) in [5.74, 6) is 0.667. The standard InChI is InChI=1S/C15H20N4O2/c1-18(2)12-10-15(20)19(17-11-12)8-5-9-21-14-7-4-3-6-13(14)16/h3-4,6-7,10-11H,5,8-9,16H2,1-2H3. The van der Waals surface area contributed by atoms with Crippen LogP contribution in [0.3, 0.4) is 0 Å². The van der Waals surface area contributed by atoms with E-state index in [4.69, 9.17) is 10.5 Å². The van der Waals surface area contributed by atoms with Crippen LogP contribution in [-0.2, 0) is 6.54 Å². The maximum Gasteiger partial charge on any atom is 0.268 e. The van der Waals surface area contributed by atoms with Crippen molar-refractivity contribution in [3.8, 4) is 5.75 Å². The summed E-state index contributed by atoms with van der Waals surface area (Å²) in [7, 11) is 3.75. The van der Waals surface area contributed by atoms with E-state index in [1.165, 1.54) is 4.68 Å². The zero-order chi connectivity index (χ0) is 15.2. The molecule has 0 aliphatic carbocycles. The monoisotopic (exact) mass is 288 g/mol. The van der Waals surface area contributed by atoms with Crippen LogP contribution in [-0.4, -0.2) is 30.5 Å². The molecule has 0 aliphatic heterocycles. The number of benzene rings is 1.